The van der Waals surface area contributed by atoms with Crippen molar-refractivity contribution in [2.75, 3.05) is 26.4 Å². The van der Waals surface area contributed by atoms with Crippen LogP contribution in [0.5, 0.6) is 5.75 Å². The van der Waals surface area contributed by atoms with Crippen LogP contribution in [-0.4, -0.2) is 26.4 Å². The molecule has 0 radical (unpaired) electrons. The Kier molecular flexibility index (Phi) is 6.61. The molecule has 0 aromatic heterocycles. The first-order valence-electron chi connectivity index (χ1n) is 5.80. The second-order valence-corrected chi connectivity index (χ2v) is 3.77. The van der Waals surface area contributed by atoms with Crippen LogP contribution < -0.4 is 10.5 Å². The van der Waals surface area contributed by atoms with Gasteiger partial charge in [0.1, 0.15) is 5.75 Å². The Bertz CT molecular complexity index is 272. The van der Waals surface area contributed by atoms with Gasteiger partial charge in [-0.1, -0.05) is 17.7 Å². The molecule has 0 amide bonds. The van der Waals surface area contributed by atoms with Crippen LogP contribution in [0.1, 0.15) is 18.4 Å². The van der Waals surface area contributed by atoms with Crippen molar-refractivity contribution in [3.8, 4) is 5.75 Å². The largest absolute Gasteiger partial charge is 0.494 e. The second-order valence-electron chi connectivity index (χ2n) is 3.77. The minimum absolute atomic E-state index is 0.597. The number of rotatable bonds is 8. The molecule has 0 atom stereocenters. The van der Waals surface area contributed by atoms with Gasteiger partial charge in [0.25, 0.3) is 0 Å². The third kappa shape index (κ3) is 5.73. The van der Waals surface area contributed by atoms with Gasteiger partial charge in [-0.05, 0) is 31.9 Å². The number of aryl methyl sites for hydroxylation is 1. The molecule has 0 aliphatic carbocycles. The molecule has 0 unspecified atom stereocenters. The van der Waals surface area contributed by atoms with E-state index in [9.17, 15) is 0 Å². The highest BCUT2D eigenvalue weighted by Crippen LogP contribution is 2.11. The summed E-state index contributed by atoms with van der Waals surface area (Å²) in [4.78, 5) is 0. The molecule has 0 spiro atoms. The summed E-state index contributed by atoms with van der Waals surface area (Å²) >= 11 is 0. The van der Waals surface area contributed by atoms with Crippen molar-refractivity contribution >= 4 is 0 Å². The topological polar surface area (TPSA) is 44.5 Å². The van der Waals surface area contributed by atoms with E-state index in [0.717, 1.165) is 31.8 Å². The van der Waals surface area contributed by atoms with E-state index in [1.165, 1.54) is 5.56 Å². The van der Waals surface area contributed by atoms with E-state index in [2.05, 4.69) is 19.1 Å². The van der Waals surface area contributed by atoms with Gasteiger partial charge in [0, 0.05) is 13.2 Å². The fourth-order valence-corrected chi connectivity index (χ4v) is 1.32. The van der Waals surface area contributed by atoms with Crippen LogP contribution in [-0.2, 0) is 4.74 Å². The number of nitrogens with two attached hydrogens (primary N) is 1. The molecule has 0 fully saturated rings. The van der Waals surface area contributed by atoms with Crippen molar-refractivity contribution in [3.63, 3.8) is 0 Å². The standard InChI is InChI=1S/C13H21NO2/c1-12-4-6-13(7-5-12)16-10-3-2-9-15-11-8-14/h4-7H,2-3,8-11,14H2,1H3. The summed E-state index contributed by atoms with van der Waals surface area (Å²) in [5, 5.41) is 0. The van der Waals surface area contributed by atoms with Gasteiger partial charge in [-0.2, -0.15) is 0 Å². The van der Waals surface area contributed by atoms with E-state index >= 15 is 0 Å². The van der Waals surface area contributed by atoms with Crippen LogP contribution in [0.2, 0.25) is 0 Å². The van der Waals surface area contributed by atoms with Crippen LogP contribution in [0.3, 0.4) is 0 Å². The molecule has 16 heavy (non-hydrogen) atoms. The van der Waals surface area contributed by atoms with E-state index < -0.39 is 0 Å². The Morgan fingerprint density at radius 2 is 1.69 bits per heavy atom. The molecule has 0 saturated carbocycles. The lowest BCUT2D eigenvalue weighted by Gasteiger charge is -2.06. The zero-order valence-electron chi connectivity index (χ0n) is 9.95. The summed E-state index contributed by atoms with van der Waals surface area (Å²) in [5.74, 6) is 0.938. The maximum atomic E-state index is 5.59. The van der Waals surface area contributed by atoms with Crippen molar-refractivity contribution in [1.82, 2.24) is 0 Å². The minimum Gasteiger partial charge on any atom is -0.494 e. The number of benzene rings is 1. The Morgan fingerprint density at radius 1 is 1.00 bits per heavy atom. The molecule has 1 rings (SSSR count). The molecule has 0 heterocycles. The Balaban J connectivity index is 2.01. The average Bonchev–Trinajstić information content (AvgIpc) is 2.30. The Hall–Kier alpha value is -1.06. The molecule has 3 nitrogen and oxygen atoms in total. The van der Waals surface area contributed by atoms with Crippen molar-refractivity contribution < 1.29 is 9.47 Å². The predicted molar refractivity (Wildman–Crippen MR) is 65.8 cm³/mol. The highest BCUT2D eigenvalue weighted by molar-refractivity contribution is 5.26. The molecule has 1 aromatic rings. The third-order valence-electron chi connectivity index (χ3n) is 2.23. The van der Waals surface area contributed by atoms with Gasteiger partial charge in [0.2, 0.25) is 0 Å². The van der Waals surface area contributed by atoms with Gasteiger partial charge in [-0.15, -0.1) is 0 Å². The van der Waals surface area contributed by atoms with E-state index in [4.69, 9.17) is 15.2 Å². The quantitative estimate of drug-likeness (QED) is 0.687. The first-order valence-corrected chi connectivity index (χ1v) is 5.80. The molecule has 90 valence electrons. The summed E-state index contributed by atoms with van der Waals surface area (Å²) < 4.78 is 10.9. The number of hydrogen-bond donors (Lipinski definition) is 1. The lowest BCUT2D eigenvalue weighted by molar-refractivity contribution is 0.133. The zero-order valence-corrected chi connectivity index (χ0v) is 9.95. The molecule has 3 heteroatoms. The van der Waals surface area contributed by atoms with Crippen LogP contribution in [0.25, 0.3) is 0 Å². The van der Waals surface area contributed by atoms with Gasteiger partial charge < -0.3 is 15.2 Å². The van der Waals surface area contributed by atoms with E-state index in [0.29, 0.717) is 13.2 Å². The van der Waals surface area contributed by atoms with Crippen molar-refractivity contribution in [3.05, 3.63) is 29.8 Å². The van der Waals surface area contributed by atoms with Gasteiger partial charge in [-0.3, -0.25) is 0 Å². The number of hydrogen-bond acceptors (Lipinski definition) is 3. The smallest absolute Gasteiger partial charge is 0.119 e. The van der Waals surface area contributed by atoms with Gasteiger partial charge in [0.15, 0.2) is 0 Å². The lowest BCUT2D eigenvalue weighted by atomic mass is 10.2. The summed E-state index contributed by atoms with van der Waals surface area (Å²) in [6, 6.07) is 8.11. The van der Waals surface area contributed by atoms with Crippen molar-refractivity contribution in [1.29, 1.82) is 0 Å². The number of ether oxygens (including phenoxy) is 2. The molecule has 0 aliphatic rings. The molecule has 2 N–H and O–H groups in total. The third-order valence-corrected chi connectivity index (χ3v) is 2.23. The van der Waals surface area contributed by atoms with E-state index in [-0.39, 0.29) is 0 Å². The molecular weight excluding hydrogens is 202 g/mol. The monoisotopic (exact) mass is 223 g/mol. The van der Waals surface area contributed by atoms with Gasteiger partial charge in [-0.25, -0.2) is 0 Å². The fraction of sp³-hybridized carbons (Fsp3) is 0.538. The average molecular weight is 223 g/mol. The summed E-state index contributed by atoms with van der Waals surface area (Å²) in [6.07, 6.45) is 2.03. The normalized spacial score (nSPS) is 10.4. The highest BCUT2D eigenvalue weighted by atomic mass is 16.5. The van der Waals surface area contributed by atoms with Gasteiger partial charge in [0.05, 0.1) is 13.2 Å². The predicted octanol–water partition coefficient (Wildman–Crippen LogP) is 2.13. The van der Waals surface area contributed by atoms with Crippen LogP contribution in [0, 0.1) is 6.92 Å². The lowest BCUT2D eigenvalue weighted by Crippen LogP contribution is -2.09. The SMILES string of the molecule is Cc1ccc(OCCCCOCCN)cc1. The molecule has 1 aromatic carbocycles. The summed E-state index contributed by atoms with van der Waals surface area (Å²) in [6.45, 7) is 4.83. The Labute approximate surface area is 97.6 Å². The van der Waals surface area contributed by atoms with E-state index in [1.807, 2.05) is 12.1 Å². The van der Waals surface area contributed by atoms with Crippen LogP contribution in [0.15, 0.2) is 24.3 Å². The van der Waals surface area contributed by atoms with Crippen molar-refractivity contribution in [2.24, 2.45) is 5.73 Å². The maximum absolute atomic E-state index is 5.59. The van der Waals surface area contributed by atoms with Crippen LogP contribution in [0.4, 0.5) is 0 Å². The number of unbranched alkanes of at least 4 members (excludes halogenated alkanes) is 1. The Morgan fingerprint density at radius 3 is 2.38 bits per heavy atom. The molecule has 0 bridgehead atoms. The van der Waals surface area contributed by atoms with Gasteiger partial charge >= 0.3 is 0 Å². The molecule has 0 aliphatic heterocycles. The first-order chi connectivity index (χ1) is 7.83. The van der Waals surface area contributed by atoms with Crippen LogP contribution >= 0.6 is 0 Å². The maximum Gasteiger partial charge on any atom is 0.119 e. The highest BCUT2D eigenvalue weighted by Gasteiger charge is 1.93. The second kappa shape index (κ2) is 8.13. The molecule has 0 saturated heterocycles. The summed E-state index contributed by atoms with van der Waals surface area (Å²) in [7, 11) is 0. The van der Waals surface area contributed by atoms with Crippen molar-refractivity contribution in [2.45, 2.75) is 19.8 Å². The zero-order chi connectivity index (χ0) is 11.6. The minimum atomic E-state index is 0.597. The molecular formula is C13H21NO2. The van der Waals surface area contributed by atoms with E-state index in [1.54, 1.807) is 0 Å². The fourth-order valence-electron chi connectivity index (χ4n) is 1.32. The first kappa shape index (κ1) is 13.0. The summed E-state index contributed by atoms with van der Waals surface area (Å²) in [5.41, 5.74) is 6.56.